The number of allylic oxidation sites excluding steroid dienone is 1. The van der Waals surface area contributed by atoms with Gasteiger partial charge in [0.15, 0.2) is 0 Å². The summed E-state index contributed by atoms with van der Waals surface area (Å²) in [6.45, 7) is 10.2. The molecule has 0 atom stereocenters. The van der Waals surface area contributed by atoms with Crippen LogP contribution in [0.3, 0.4) is 0 Å². The second kappa shape index (κ2) is 10.0. The number of rotatable bonds is 10. The summed E-state index contributed by atoms with van der Waals surface area (Å²) < 4.78 is 17.3. The van der Waals surface area contributed by atoms with Crippen LogP contribution in [0.1, 0.15) is 47.0 Å². The maximum absolute atomic E-state index is 5.81. The first-order chi connectivity index (χ1) is 7.74. The van der Waals surface area contributed by atoms with Crippen molar-refractivity contribution in [2.24, 2.45) is 0 Å². The lowest BCUT2D eigenvalue weighted by Crippen LogP contribution is -2.44. The van der Waals surface area contributed by atoms with Crippen LogP contribution in [-0.4, -0.2) is 28.6 Å². The zero-order valence-electron chi connectivity index (χ0n) is 11.1. The van der Waals surface area contributed by atoms with E-state index in [0.29, 0.717) is 19.8 Å². The molecule has 0 aromatic rings. The maximum atomic E-state index is 5.81. The predicted octanol–water partition coefficient (Wildman–Crippen LogP) is 3.32. The fraction of sp³-hybridized carbons (Fsp3) is 0.833. The minimum atomic E-state index is -2.53. The Morgan fingerprint density at radius 1 is 0.875 bits per heavy atom. The van der Waals surface area contributed by atoms with Crippen LogP contribution in [0.15, 0.2) is 11.8 Å². The van der Waals surface area contributed by atoms with Crippen LogP contribution in [-0.2, 0) is 13.3 Å². The van der Waals surface area contributed by atoms with Gasteiger partial charge in [-0.25, -0.2) is 0 Å². The average Bonchev–Trinajstić information content (AvgIpc) is 2.27. The van der Waals surface area contributed by atoms with Gasteiger partial charge < -0.3 is 13.3 Å². The molecule has 0 N–H and O–H groups in total. The lowest BCUT2D eigenvalue weighted by molar-refractivity contribution is 0.0798. The Balaban J connectivity index is 4.48. The summed E-state index contributed by atoms with van der Waals surface area (Å²) in [5, 5.41) is 0. The molecule has 0 saturated carbocycles. The molecule has 0 aromatic carbocycles. The normalized spacial score (nSPS) is 12.5. The summed E-state index contributed by atoms with van der Waals surface area (Å²) >= 11 is 0. The molecule has 3 nitrogen and oxygen atoms in total. The van der Waals surface area contributed by atoms with Gasteiger partial charge in [-0.1, -0.05) is 26.3 Å². The molecule has 0 rings (SSSR count). The molecule has 0 fully saturated rings. The van der Waals surface area contributed by atoms with Crippen LogP contribution in [0.25, 0.3) is 0 Å². The van der Waals surface area contributed by atoms with Crippen molar-refractivity contribution in [3.63, 3.8) is 0 Å². The third-order valence-corrected chi connectivity index (χ3v) is 4.61. The van der Waals surface area contributed by atoms with Gasteiger partial charge in [0.1, 0.15) is 0 Å². The molecule has 0 spiro atoms. The molecule has 0 aliphatic heterocycles. The van der Waals surface area contributed by atoms with Gasteiger partial charge in [0.2, 0.25) is 0 Å². The summed E-state index contributed by atoms with van der Waals surface area (Å²) in [4.78, 5) is 0. The molecule has 0 aromatic heterocycles. The van der Waals surface area contributed by atoms with E-state index in [4.69, 9.17) is 13.3 Å². The maximum Gasteiger partial charge on any atom is 0.529 e. The summed E-state index contributed by atoms with van der Waals surface area (Å²) in [7, 11) is -2.53. The Morgan fingerprint density at radius 3 is 1.94 bits per heavy atom. The first-order valence-electron chi connectivity index (χ1n) is 6.34. The van der Waals surface area contributed by atoms with E-state index in [0.717, 1.165) is 19.3 Å². The van der Waals surface area contributed by atoms with Gasteiger partial charge in [-0.05, 0) is 32.4 Å². The average molecular weight is 246 g/mol. The number of hydrogen-bond donors (Lipinski definition) is 0. The summed E-state index contributed by atoms with van der Waals surface area (Å²) in [6.07, 6.45) is 5.28. The fourth-order valence-corrected chi connectivity index (χ4v) is 3.60. The quantitative estimate of drug-likeness (QED) is 0.553. The molecule has 16 heavy (non-hydrogen) atoms. The van der Waals surface area contributed by atoms with Crippen LogP contribution in [0.5, 0.6) is 0 Å². The molecule has 4 heteroatoms. The monoisotopic (exact) mass is 246 g/mol. The molecule has 0 amide bonds. The minimum Gasteiger partial charge on any atom is -0.371 e. The highest BCUT2D eigenvalue weighted by Gasteiger charge is 2.37. The van der Waals surface area contributed by atoms with Crippen molar-refractivity contribution in [3.8, 4) is 0 Å². The van der Waals surface area contributed by atoms with Gasteiger partial charge in [0.25, 0.3) is 0 Å². The standard InChI is InChI=1S/C12H26O3Si/c1-5-9-10-12-16(13-7-3,14-8-4)15-11-6-2/h10,12H,5-9,11H2,1-4H3. The van der Waals surface area contributed by atoms with E-state index in [2.05, 4.69) is 19.9 Å². The molecular formula is C12H26O3Si. The Hall–Kier alpha value is -0.163. The zero-order valence-corrected chi connectivity index (χ0v) is 12.1. The van der Waals surface area contributed by atoms with Crippen molar-refractivity contribution in [1.29, 1.82) is 0 Å². The molecule has 0 radical (unpaired) electrons. The van der Waals surface area contributed by atoms with Gasteiger partial charge in [-0.15, -0.1) is 0 Å². The third-order valence-electron chi connectivity index (χ3n) is 1.98. The number of unbranched alkanes of at least 4 members (excludes halogenated alkanes) is 1. The van der Waals surface area contributed by atoms with Gasteiger partial charge in [-0.2, -0.15) is 0 Å². The van der Waals surface area contributed by atoms with E-state index in [1.165, 1.54) is 0 Å². The zero-order chi connectivity index (χ0) is 12.3. The van der Waals surface area contributed by atoms with Crippen LogP contribution in [0, 0.1) is 0 Å². The van der Waals surface area contributed by atoms with Crippen LogP contribution < -0.4 is 0 Å². The minimum absolute atomic E-state index is 0.631. The van der Waals surface area contributed by atoms with Crippen LogP contribution in [0.2, 0.25) is 0 Å². The smallest absolute Gasteiger partial charge is 0.371 e. The van der Waals surface area contributed by atoms with Crippen molar-refractivity contribution in [2.75, 3.05) is 19.8 Å². The molecular weight excluding hydrogens is 220 g/mol. The summed E-state index contributed by atoms with van der Waals surface area (Å²) in [6, 6.07) is 0. The molecule has 0 saturated heterocycles. The molecule has 0 unspecified atom stereocenters. The van der Waals surface area contributed by atoms with Crippen LogP contribution in [0.4, 0.5) is 0 Å². The van der Waals surface area contributed by atoms with E-state index in [1.54, 1.807) is 0 Å². The Morgan fingerprint density at radius 2 is 1.50 bits per heavy atom. The molecule has 0 aliphatic carbocycles. The lowest BCUT2D eigenvalue weighted by Gasteiger charge is -2.25. The molecule has 0 heterocycles. The van der Waals surface area contributed by atoms with Gasteiger partial charge in [-0.3, -0.25) is 0 Å². The van der Waals surface area contributed by atoms with E-state index < -0.39 is 8.80 Å². The summed E-state index contributed by atoms with van der Waals surface area (Å²) in [5.74, 6) is 0. The van der Waals surface area contributed by atoms with Crippen molar-refractivity contribution in [2.45, 2.75) is 47.0 Å². The first kappa shape index (κ1) is 15.8. The SMILES string of the molecule is CCCC=C[Si](OCC)(OCC)OCCC. The van der Waals surface area contributed by atoms with Gasteiger partial charge >= 0.3 is 8.80 Å². The lowest BCUT2D eigenvalue weighted by atomic mass is 10.3. The Bertz CT molecular complexity index is 177. The summed E-state index contributed by atoms with van der Waals surface area (Å²) in [5.41, 5.74) is 2.03. The van der Waals surface area contributed by atoms with E-state index in [1.807, 2.05) is 19.5 Å². The second-order valence-corrected chi connectivity index (χ2v) is 5.92. The highest BCUT2D eigenvalue weighted by molar-refractivity contribution is 6.66. The Kier molecular flexibility index (Phi) is 9.92. The highest BCUT2D eigenvalue weighted by atomic mass is 28.4. The molecule has 0 aliphatic rings. The highest BCUT2D eigenvalue weighted by Crippen LogP contribution is 2.13. The van der Waals surface area contributed by atoms with Gasteiger partial charge in [0, 0.05) is 19.8 Å². The molecule has 96 valence electrons. The largest absolute Gasteiger partial charge is 0.529 e. The molecule has 0 bridgehead atoms. The first-order valence-corrected chi connectivity index (χ1v) is 8.14. The van der Waals surface area contributed by atoms with Crippen molar-refractivity contribution in [1.82, 2.24) is 0 Å². The van der Waals surface area contributed by atoms with Crippen molar-refractivity contribution < 1.29 is 13.3 Å². The van der Waals surface area contributed by atoms with Crippen molar-refractivity contribution >= 4 is 8.80 Å². The van der Waals surface area contributed by atoms with E-state index in [9.17, 15) is 0 Å². The fourth-order valence-electron chi connectivity index (χ4n) is 1.31. The van der Waals surface area contributed by atoms with Crippen LogP contribution >= 0.6 is 0 Å². The van der Waals surface area contributed by atoms with E-state index >= 15 is 0 Å². The Labute approximate surface area is 101 Å². The number of hydrogen-bond acceptors (Lipinski definition) is 3. The van der Waals surface area contributed by atoms with E-state index in [-0.39, 0.29) is 0 Å². The topological polar surface area (TPSA) is 27.7 Å². The van der Waals surface area contributed by atoms with Crippen molar-refractivity contribution in [3.05, 3.63) is 11.8 Å². The van der Waals surface area contributed by atoms with Gasteiger partial charge in [0.05, 0.1) is 0 Å². The second-order valence-electron chi connectivity index (χ2n) is 3.51. The third kappa shape index (κ3) is 6.43. The predicted molar refractivity (Wildman–Crippen MR) is 69.3 cm³/mol.